The molecule has 1 heterocycles. The molecule has 1 N–H and O–H groups in total. The lowest BCUT2D eigenvalue weighted by Crippen LogP contribution is -2.41. The minimum atomic E-state index is -0.734. The van der Waals surface area contributed by atoms with Gasteiger partial charge in [0.25, 0.3) is 0 Å². The Bertz CT molecular complexity index is 821. The molecule has 1 aliphatic rings. The number of hydrogen-bond donors (Lipinski definition) is 1. The molecule has 0 bridgehead atoms. The monoisotopic (exact) mass is 399 g/mol. The summed E-state index contributed by atoms with van der Waals surface area (Å²) in [6.45, 7) is 3.90. The van der Waals surface area contributed by atoms with E-state index in [0.29, 0.717) is 19.6 Å². The highest BCUT2D eigenvalue weighted by Gasteiger charge is 2.32. The standard InChI is InChI=1S/C23H29NO5/c1-4-29-18-9-7-16(8-10-18)22(24-13-5-6-17(15-24)23(25)26)20-12-11-19(27-2)14-21(20)28-3/h7-12,14,17,22H,4-6,13,15H2,1-3H3,(H,25,26). The molecule has 156 valence electrons. The Labute approximate surface area is 172 Å². The van der Waals surface area contributed by atoms with Gasteiger partial charge < -0.3 is 19.3 Å². The topological polar surface area (TPSA) is 68.2 Å². The lowest BCUT2D eigenvalue weighted by Gasteiger charge is -2.38. The number of benzene rings is 2. The first kappa shape index (κ1) is 21.0. The zero-order valence-electron chi connectivity index (χ0n) is 17.3. The molecular weight excluding hydrogens is 370 g/mol. The molecule has 3 rings (SSSR count). The van der Waals surface area contributed by atoms with Crippen molar-refractivity contribution >= 4 is 5.97 Å². The summed E-state index contributed by atoms with van der Waals surface area (Å²) in [5, 5.41) is 9.56. The molecule has 0 spiro atoms. The van der Waals surface area contributed by atoms with Gasteiger partial charge in [-0.05, 0) is 56.1 Å². The molecule has 6 heteroatoms. The normalized spacial score (nSPS) is 18.1. The maximum atomic E-state index is 11.6. The first-order valence-electron chi connectivity index (χ1n) is 9.98. The summed E-state index contributed by atoms with van der Waals surface area (Å²) in [6, 6.07) is 13.7. The SMILES string of the molecule is CCOc1ccc(C(c2ccc(OC)cc2OC)N2CCCC(C(=O)O)C2)cc1. The average molecular weight is 399 g/mol. The first-order valence-corrected chi connectivity index (χ1v) is 9.98. The van der Waals surface area contributed by atoms with E-state index in [1.807, 2.05) is 49.4 Å². The Morgan fingerprint density at radius 1 is 1.14 bits per heavy atom. The van der Waals surface area contributed by atoms with Crippen LogP contribution in [0.2, 0.25) is 0 Å². The van der Waals surface area contributed by atoms with Crippen molar-refractivity contribution in [1.82, 2.24) is 4.90 Å². The van der Waals surface area contributed by atoms with Crippen molar-refractivity contribution in [2.75, 3.05) is 33.9 Å². The molecule has 0 saturated carbocycles. The molecule has 1 aliphatic heterocycles. The number of nitrogens with zero attached hydrogens (tertiary/aromatic N) is 1. The van der Waals surface area contributed by atoms with Gasteiger partial charge in [0.05, 0.1) is 32.8 Å². The number of methoxy groups -OCH3 is 2. The van der Waals surface area contributed by atoms with Crippen LogP contribution in [-0.2, 0) is 4.79 Å². The van der Waals surface area contributed by atoms with Crippen LogP contribution in [0, 0.1) is 5.92 Å². The minimum Gasteiger partial charge on any atom is -0.497 e. The van der Waals surface area contributed by atoms with Crippen LogP contribution in [0.15, 0.2) is 42.5 Å². The highest BCUT2D eigenvalue weighted by molar-refractivity contribution is 5.70. The van der Waals surface area contributed by atoms with E-state index in [1.54, 1.807) is 14.2 Å². The predicted octanol–water partition coefficient (Wildman–Crippen LogP) is 3.99. The van der Waals surface area contributed by atoms with Gasteiger partial charge in [0.1, 0.15) is 17.2 Å². The minimum absolute atomic E-state index is 0.117. The van der Waals surface area contributed by atoms with Gasteiger partial charge in [0.15, 0.2) is 0 Å². The van der Waals surface area contributed by atoms with E-state index in [1.165, 1.54) is 0 Å². The molecule has 6 nitrogen and oxygen atoms in total. The molecule has 0 amide bonds. The smallest absolute Gasteiger partial charge is 0.307 e. The Hall–Kier alpha value is -2.73. The number of piperidine rings is 1. The summed E-state index contributed by atoms with van der Waals surface area (Å²) < 4.78 is 16.6. The fourth-order valence-electron chi connectivity index (χ4n) is 3.99. The van der Waals surface area contributed by atoms with Gasteiger partial charge >= 0.3 is 5.97 Å². The Kier molecular flexibility index (Phi) is 6.99. The summed E-state index contributed by atoms with van der Waals surface area (Å²) in [6.07, 6.45) is 1.56. The van der Waals surface area contributed by atoms with Crippen molar-refractivity contribution < 1.29 is 24.1 Å². The molecule has 0 aromatic heterocycles. The highest BCUT2D eigenvalue weighted by atomic mass is 16.5. The summed E-state index contributed by atoms with van der Waals surface area (Å²) in [7, 11) is 3.27. The fraction of sp³-hybridized carbons (Fsp3) is 0.435. The van der Waals surface area contributed by atoms with Crippen molar-refractivity contribution in [3.8, 4) is 17.2 Å². The quantitative estimate of drug-likeness (QED) is 0.724. The number of carbonyl (C=O) groups is 1. The summed E-state index contributed by atoms with van der Waals surface area (Å²) >= 11 is 0. The average Bonchev–Trinajstić information content (AvgIpc) is 2.75. The van der Waals surface area contributed by atoms with Gasteiger partial charge in [0, 0.05) is 18.2 Å². The van der Waals surface area contributed by atoms with Crippen LogP contribution in [0.5, 0.6) is 17.2 Å². The van der Waals surface area contributed by atoms with Crippen LogP contribution < -0.4 is 14.2 Å². The Morgan fingerprint density at radius 2 is 1.86 bits per heavy atom. The van der Waals surface area contributed by atoms with Gasteiger partial charge in [-0.15, -0.1) is 0 Å². The van der Waals surface area contributed by atoms with Crippen molar-refractivity contribution in [2.24, 2.45) is 5.92 Å². The van der Waals surface area contributed by atoms with Crippen molar-refractivity contribution in [3.05, 3.63) is 53.6 Å². The number of aliphatic carboxylic acids is 1. The van der Waals surface area contributed by atoms with E-state index < -0.39 is 5.97 Å². The van der Waals surface area contributed by atoms with Crippen molar-refractivity contribution in [3.63, 3.8) is 0 Å². The molecule has 1 fully saturated rings. The molecule has 2 aromatic carbocycles. The van der Waals surface area contributed by atoms with Crippen LogP contribution >= 0.6 is 0 Å². The van der Waals surface area contributed by atoms with Crippen LogP contribution in [0.25, 0.3) is 0 Å². The lowest BCUT2D eigenvalue weighted by atomic mass is 9.91. The number of carboxylic acid groups (broad SMARTS) is 1. The van der Waals surface area contributed by atoms with Gasteiger partial charge in [-0.25, -0.2) is 0 Å². The maximum Gasteiger partial charge on any atom is 0.307 e. The Balaban J connectivity index is 2.03. The van der Waals surface area contributed by atoms with E-state index in [-0.39, 0.29) is 12.0 Å². The number of rotatable bonds is 8. The largest absolute Gasteiger partial charge is 0.497 e. The number of hydrogen-bond acceptors (Lipinski definition) is 5. The second kappa shape index (κ2) is 9.65. The summed E-state index contributed by atoms with van der Waals surface area (Å²) in [5.41, 5.74) is 2.06. The second-order valence-corrected chi connectivity index (χ2v) is 7.18. The molecule has 0 radical (unpaired) electrons. The van der Waals surface area contributed by atoms with E-state index in [4.69, 9.17) is 14.2 Å². The van der Waals surface area contributed by atoms with Crippen molar-refractivity contribution in [2.45, 2.75) is 25.8 Å². The molecule has 2 unspecified atom stereocenters. The first-order chi connectivity index (χ1) is 14.1. The molecule has 0 aliphatic carbocycles. The zero-order chi connectivity index (χ0) is 20.8. The third-order valence-electron chi connectivity index (χ3n) is 5.41. The molecule has 2 atom stereocenters. The van der Waals surface area contributed by atoms with Crippen molar-refractivity contribution in [1.29, 1.82) is 0 Å². The van der Waals surface area contributed by atoms with Crippen LogP contribution in [0.1, 0.15) is 36.9 Å². The van der Waals surface area contributed by atoms with Gasteiger partial charge in [-0.3, -0.25) is 9.69 Å². The van der Waals surface area contributed by atoms with E-state index >= 15 is 0 Å². The number of ether oxygens (including phenoxy) is 3. The van der Waals surface area contributed by atoms with Gasteiger partial charge in [0.2, 0.25) is 0 Å². The van der Waals surface area contributed by atoms with Crippen LogP contribution in [-0.4, -0.2) is 49.9 Å². The molecule has 2 aromatic rings. The summed E-state index contributed by atoms with van der Waals surface area (Å²) in [4.78, 5) is 13.9. The molecular formula is C23H29NO5. The van der Waals surface area contributed by atoms with E-state index in [0.717, 1.165) is 41.3 Å². The maximum absolute atomic E-state index is 11.6. The third kappa shape index (κ3) is 4.82. The number of carboxylic acids is 1. The molecule has 1 saturated heterocycles. The predicted molar refractivity (Wildman–Crippen MR) is 111 cm³/mol. The third-order valence-corrected chi connectivity index (χ3v) is 5.41. The zero-order valence-corrected chi connectivity index (χ0v) is 17.3. The van der Waals surface area contributed by atoms with E-state index in [9.17, 15) is 9.90 Å². The number of likely N-dealkylation sites (tertiary alicyclic amines) is 1. The van der Waals surface area contributed by atoms with Crippen LogP contribution in [0.4, 0.5) is 0 Å². The lowest BCUT2D eigenvalue weighted by molar-refractivity contribution is -0.143. The molecule has 29 heavy (non-hydrogen) atoms. The fourth-order valence-corrected chi connectivity index (χ4v) is 3.99. The Morgan fingerprint density at radius 3 is 2.48 bits per heavy atom. The van der Waals surface area contributed by atoms with Crippen LogP contribution in [0.3, 0.4) is 0 Å². The highest BCUT2D eigenvalue weighted by Crippen LogP contribution is 2.39. The second-order valence-electron chi connectivity index (χ2n) is 7.18. The van der Waals surface area contributed by atoms with Gasteiger partial charge in [-0.1, -0.05) is 12.1 Å². The van der Waals surface area contributed by atoms with Gasteiger partial charge in [-0.2, -0.15) is 0 Å². The summed E-state index contributed by atoms with van der Waals surface area (Å²) in [5.74, 6) is 1.16. The van der Waals surface area contributed by atoms with E-state index in [2.05, 4.69) is 4.90 Å².